The predicted octanol–water partition coefficient (Wildman–Crippen LogP) is 4.20. The number of carbonyl (C=O) groups excluding carboxylic acids is 1. The van der Waals surface area contributed by atoms with E-state index >= 15 is 0 Å². The summed E-state index contributed by atoms with van der Waals surface area (Å²) in [6.45, 7) is 2.03. The summed E-state index contributed by atoms with van der Waals surface area (Å²) in [5.41, 5.74) is 1.51. The van der Waals surface area contributed by atoms with Crippen molar-refractivity contribution in [2.45, 2.75) is 31.0 Å². The Balaban J connectivity index is 1.64. The van der Waals surface area contributed by atoms with E-state index in [1.54, 1.807) is 10.6 Å². The van der Waals surface area contributed by atoms with Gasteiger partial charge in [0.25, 0.3) is 5.56 Å². The van der Waals surface area contributed by atoms with Crippen molar-refractivity contribution >= 4 is 40.2 Å². The molecule has 0 unspecified atom stereocenters. The molecule has 4 rings (SSSR count). The quantitative estimate of drug-likeness (QED) is 0.452. The molecule has 0 atom stereocenters. The highest BCUT2D eigenvalue weighted by Gasteiger charge is 2.19. The van der Waals surface area contributed by atoms with Crippen LogP contribution in [0.3, 0.4) is 0 Å². The van der Waals surface area contributed by atoms with Crippen molar-refractivity contribution < 1.29 is 4.79 Å². The van der Waals surface area contributed by atoms with E-state index in [0.29, 0.717) is 27.6 Å². The van der Waals surface area contributed by atoms with Gasteiger partial charge >= 0.3 is 0 Å². The molecule has 1 fully saturated rings. The molecule has 7 heteroatoms. The van der Waals surface area contributed by atoms with Crippen LogP contribution in [0.2, 0.25) is 5.02 Å². The minimum absolute atomic E-state index is 0.0986. The van der Waals surface area contributed by atoms with Crippen LogP contribution in [0.1, 0.15) is 24.8 Å². The number of thioether (sulfide) groups is 1. The van der Waals surface area contributed by atoms with E-state index in [4.69, 9.17) is 16.6 Å². The Morgan fingerprint density at radius 1 is 1.03 bits per heavy atom. The van der Waals surface area contributed by atoms with E-state index in [-0.39, 0.29) is 17.2 Å². The van der Waals surface area contributed by atoms with Gasteiger partial charge in [-0.25, -0.2) is 4.98 Å². The zero-order valence-electron chi connectivity index (χ0n) is 16.0. The van der Waals surface area contributed by atoms with Crippen LogP contribution in [-0.4, -0.2) is 39.2 Å². The third kappa shape index (κ3) is 4.65. The second kappa shape index (κ2) is 9.01. The van der Waals surface area contributed by atoms with Crippen LogP contribution in [-0.2, 0) is 11.3 Å². The molecule has 1 amide bonds. The summed E-state index contributed by atoms with van der Waals surface area (Å²) in [6, 6.07) is 14.7. The lowest BCUT2D eigenvalue weighted by Crippen LogP contribution is -2.37. The maximum Gasteiger partial charge on any atom is 0.262 e. The number of hydrogen-bond acceptors (Lipinski definition) is 4. The molecular weight excluding hydrogens is 406 g/mol. The average molecular weight is 428 g/mol. The first-order valence-corrected chi connectivity index (χ1v) is 11.1. The van der Waals surface area contributed by atoms with Crippen LogP contribution in [0.5, 0.6) is 0 Å². The van der Waals surface area contributed by atoms with E-state index in [1.807, 2.05) is 47.4 Å². The molecule has 0 spiro atoms. The molecular formula is C22H22ClN3O2S. The van der Waals surface area contributed by atoms with Crippen molar-refractivity contribution in [2.75, 3.05) is 18.8 Å². The lowest BCUT2D eigenvalue weighted by atomic mass is 10.1. The van der Waals surface area contributed by atoms with Crippen LogP contribution >= 0.6 is 23.4 Å². The Labute approximate surface area is 178 Å². The maximum atomic E-state index is 13.2. The van der Waals surface area contributed by atoms with Gasteiger partial charge in [-0.1, -0.05) is 47.6 Å². The molecule has 150 valence electrons. The third-order valence-electron chi connectivity index (χ3n) is 5.11. The number of piperidine rings is 1. The number of rotatable bonds is 5. The molecule has 2 aromatic carbocycles. The normalized spacial score (nSPS) is 14.3. The third-order valence-corrected chi connectivity index (χ3v) is 6.33. The molecule has 1 aliphatic rings. The molecule has 0 radical (unpaired) electrons. The Morgan fingerprint density at radius 3 is 2.52 bits per heavy atom. The van der Waals surface area contributed by atoms with Gasteiger partial charge in [-0.15, -0.1) is 0 Å². The maximum absolute atomic E-state index is 13.2. The van der Waals surface area contributed by atoms with E-state index in [2.05, 4.69) is 0 Å². The number of carbonyl (C=O) groups is 1. The molecule has 0 bridgehead atoms. The Morgan fingerprint density at radius 2 is 1.76 bits per heavy atom. The summed E-state index contributed by atoms with van der Waals surface area (Å²) in [5, 5.41) is 1.79. The molecule has 0 N–H and O–H groups in total. The average Bonchev–Trinajstić information content (AvgIpc) is 2.76. The van der Waals surface area contributed by atoms with Crippen LogP contribution in [0.4, 0.5) is 0 Å². The Hall–Kier alpha value is -2.31. The van der Waals surface area contributed by atoms with Gasteiger partial charge in [-0.05, 0) is 49.1 Å². The van der Waals surface area contributed by atoms with Gasteiger partial charge in [-0.2, -0.15) is 0 Å². The zero-order valence-corrected chi connectivity index (χ0v) is 17.6. The molecule has 0 aliphatic carbocycles. The first-order valence-electron chi connectivity index (χ1n) is 9.76. The number of halogens is 1. The summed E-state index contributed by atoms with van der Waals surface area (Å²) in [4.78, 5) is 32.4. The molecule has 2 heterocycles. The summed E-state index contributed by atoms with van der Waals surface area (Å²) in [6.07, 6.45) is 3.31. The number of aromatic nitrogens is 2. The number of hydrogen-bond donors (Lipinski definition) is 0. The van der Waals surface area contributed by atoms with Gasteiger partial charge in [0.1, 0.15) is 0 Å². The van der Waals surface area contributed by atoms with Crippen LogP contribution in [0.15, 0.2) is 58.5 Å². The van der Waals surface area contributed by atoms with Crippen molar-refractivity contribution in [1.82, 2.24) is 14.5 Å². The van der Waals surface area contributed by atoms with Crippen LogP contribution in [0, 0.1) is 0 Å². The first-order chi connectivity index (χ1) is 14.1. The second-order valence-electron chi connectivity index (χ2n) is 7.16. The summed E-state index contributed by atoms with van der Waals surface area (Å²) in [7, 11) is 0. The minimum atomic E-state index is -0.0986. The van der Waals surface area contributed by atoms with Crippen LogP contribution in [0.25, 0.3) is 10.9 Å². The largest absolute Gasteiger partial charge is 0.342 e. The van der Waals surface area contributed by atoms with Crippen molar-refractivity contribution in [2.24, 2.45) is 0 Å². The molecule has 3 aromatic rings. The fourth-order valence-electron chi connectivity index (χ4n) is 3.53. The monoisotopic (exact) mass is 427 g/mol. The van der Waals surface area contributed by atoms with Gasteiger partial charge in [0.15, 0.2) is 5.16 Å². The van der Waals surface area contributed by atoms with Crippen molar-refractivity contribution in [3.63, 3.8) is 0 Å². The van der Waals surface area contributed by atoms with Gasteiger partial charge in [0.05, 0.1) is 23.2 Å². The van der Waals surface area contributed by atoms with E-state index in [1.165, 1.54) is 18.2 Å². The lowest BCUT2D eigenvalue weighted by molar-refractivity contribution is -0.129. The van der Waals surface area contributed by atoms with E-state index in [9.17, 15) is 9.59 Å². The molecule has 1 aliphatic heterocycles. The number of likely N-dealkylation sites (tertiary alicyclic amines) is 1. The summed E-state index contributed by atoms with van der Waals surface area (Å²) >= 11 is 7.32. The molecule has 1 aromatic heterocycles. The summed E-state index contributed by atoms with van der Waals surface area (Å²) < 4.78 is 1.65. The van der Waals surface area contributed by atoms with E-state index in [0.717, 1.165) is 31.5 Å². The smallest absolute Gasteiger partial charge is 0.262 e. The van der Waals surface area contributed by atoms with Crippen molar-refractivity contribution in [3.8, 4) is 0 Å². The van der Waals surface area contributed by atoms with Crippen LogP contribution < -0.4 is 5.56 Å². The van der Waals surface area contributed by atoms with Crippen molar-refractivity contribution in [3.05, 3.63) is 69.5 Å². The first kappa shape index (κ1) is 20.0. The molecule has 0 saturated carbocycles. The number of nitrogens with zero attached hydrogens (tertiary/aromatic N) is 3. The standard InChI is InChI=1S/C22H22ClN3O2S/c23-17-10-8-16(9-11-17)14-26-21(28)18-6-2-3-7-19(18)24-22(26)29-15-20(27)25-12-4-1-5-13-25/h2-3,6-11H,1,4-5,12-15H2. The van der Waals surface area contributed by atoms with Gasteiger partial charge in [0.2, 0.25) is 5.91 Å². The minimum Gasteiger partial charge on any atom is -0.342 e. The van der Waals surface area contributed by atoms with E-state index < -0.39 is 0 Å². The number of para-hydroxylation sites is 1. The van der Waals surface area contributed by atoms with Gasteiger partial charge in [0, 0.05) is 18.1 Å². The highest BCUT2D eigenvalue weighted by Crippen LogP contribution is 2.21. The fourth-order valence-corrected chi connectivity index (χ4v) is 4.56. The highest BCUT2D eigenvalue weighted by molar-refractivity contribution is 7.99. The summed E-state index contributed by atoms with van der Waals surface area (Å²) in [5.74, 6) is 0.390. The predicted molar refractivity (Wildman–Crippen MR) is 118 cm³/mol. The van der Waals surface area contributed by atoms with Crippen molar-refractivity contribution in [1.29, 1.82) is 0 Å². The molecule has 29 heavy (non-hydrogen) atoms. The lowest BCUT2D eigenvalue weighted by Gasteiger charge is -2.26. The highest BCUT2D eigenvalue weighted by atomic mass is 35.5. The van der Waals surface area contributed by atoms with Gasteiger partial charge in [-0.3, -0.25) is 14.2 Å². The Bertz CT molecular complexity index is 1080. The topological polar surface area (TPSA) is 55.2 Å². The fraction of sp³-hybridized carbons (Fsp3) is 0.318. The van der Waals surface area contributed by atoms with Gasteiger partial charge < -0.3 is 4.90 Å². The SMILES string of the molecule is O=C(CSc1nc2ccccc2c(=O)n1Cc1ccc(Cl)cc1)N1CCCCC1. The molecule has 5 nitrogen and oxygen atoms in total. The Kier molecular flexibility index (Phi) is 6.21. The number of fused-ring (bicyclic) bond motifs is 1. The number of amides is 1. The molecule has 1 saturated heterocycles. The number of benzene rings is 2. The zero-order chi connectivity index (χ0) is 20.2. The second-order valence-corrected chi connectivity index (χ2v) is 8.54.